The fraction of sp³-hybridized carbons (Fsp3) is 0.462. The van der Waals surface area contributed by atoms with Crippen LogP contribution in [-0.2, 0) is 6.54 Å². The highest BCUT2D eigenvalue weighted by molar-refractivity contribution is 5.25. The maximum atomic E-state index is 4.49. The van der Waals surface area contributed by atoms with E-state index in [1.54, 1.807) is 6.33 Å². The fourth-order valence-corrected chi connectivity index (χ4v) is 2.11. The van der Waals surface area contributed by atoms with Gasteiger partial charge in [-0.2, -0.15) is 5.10 Å². The minimum absolute atomic E-state index is 0.0948. The molecule has 1 atom stereocenters. The van der Waals surface area contributed by atoms with E-state index in [0.717, 1.165) is 30.0 Å². The van der Waals surface area contributed by atoms with Crippen LogP contribution in [0, 0.1) is 6.92 Å². The van der Waals surface area contributed by atoms with Gasteiger partial charge in [0, 0.05) is 24.5 Å². The Labute approximate surface area is 107 Å². The van der Waals surface area contributed by atoms with Crippen molar-refractivity contribution in [3.63, 3.8) is 0 Å². The smallest absolute Gasteiger partial charge is 0.115 e. The zero-order valence-electron chi connectivity index (χ0n) is 11.1. The standard InChI is InChI=1S/C13H19N5/c1-4-16-13(11-7-14-9-15-8-11)12-6-10(3)17-18(12)5-2/h6-9,13,16H,4-5H2,1-3H3. The molecule has 0 aromatic carbocycles. The van der Waals surface area contributed by atoms with E-state index in [1.807, 2.05) is 24.0 Å². The number of rotatable bonds is 5. The van der Waals surface area contributed by atoms with Gasteiger partial charge in [-0.05, 0) is 26.5 Å². The second-order valence-corrected chi connectivity index (χ2v) is 4.19. The molecule has 0 saturated carbocycles. The summed E-state index contributed by atoms with van der Waals surface area (Å²) in [5.74, 6) is 0. The van der Waals surface area contributed by atoms with Gasteiger partial charge in [0.05, 0.1) is 17.4 Å². The molecule has 0 aliphatic heterocycles. The molecule has 2 aromatic heterocycles. The molecular formula is C13H19N5. The van der Waals surface area contributed by atoms with E-state index >= 15 is 0 Å². The lowest BCUT2D eigenvalue weighted by molar-refractivity contribution is 0.539. The summed E-state index contributed by atoms with van der Waals surface area (Å²) in [5.41, 5.74) is 3.26. The van der Waals surface area contributed by atoms with Crippen LogP contribution in [0.25, 0.3) is 0 Å². The Balaban J connectivity index is 2.41. The maximum absolute atomic E-state index is 4.49. The van der Waals surface area contributed by atoms with Crippen LogP contribution in [-0.4, -0.2) is 26.3 Å². The number of hydrogen-bond donors (Lipinski definition) is 1. The van der Waals surface area contributed by atoms with Gasteiger partial charge in [-0.15, -0.1) is 0 Å². The molecule has 0 spiro atoms. The van der Waals surface area contributed by atoms with Gasteiger partial charge in [0.2, 0.25) is 0 Å². The Kier molecular flexibility index (Phi) is 4.04. The Hall–Kier alpha value is -1.75. The summed E-state index contributed by atoms with van der Waals surface area (Å²) in [4.78, 5) is 8.19. The lowest BCUT2D eigenvalue weighted by Crippen LogP contribution is -2.25. The molecule has 1 N–H and O–H groups in total. The van der Waals surface area contributed by atoms with Crippen molar-refractivity contribution < 1.29 is 0 Å². The third-order valence-corrected chi connectivity index (χ3v) is 2.85. The fourth-order valence-electron chi connectivity index (χ4n) is 2.11. The van der Waals surface area contributed by atoms with Crippen molar-refractivity contribution in [1.29, 1.82) is 0 Å². The van der Waals surface area contributed by atoms with Crippen molar-refractivity contribution in [1.82, 2.24) is 25.1 Å². The van der Waals surface area contributed by atoms with E-state index in [-0.39, 0.29) is 6.04 Å². The summed E-state index contributed by atoms with van der Waals surface area (Å²) >= 11 is 0. The molecular weight excluding hydrogens is 226 g/mol. The third kappa shape index (κ3) is 2.56. The van der Waals surface area contributed by atoms with Gasteiger partial charge in [0.15, 0.2) is 0 Å². The lowest BCUT2D eigenvalue weighted by Gasteiger charge is -2.18. The second kappa shape index (κ2) is 5.73. The Morgan fingerprint density at radius 3 is 2.61 bits per heavy atom. The van der Waals surface area contributed by atoms with Gasteiger partial charge in [0.25, 0.3) is 0 Å². The highest BCUT2D eigenvalue weighted by Gasteiger charge is 2.18. The van der Waals surface area contributed by atoms with Crippen molar-refractivity contribution in [2.24, 2.45) is 0 Å². The SMILES string of the molecule is CCNC(c1cncnc1)c1cc(C)nn1CC. The van der Waals surface area contributed by atoms with Gasteiger partial charge >= 0.3 is 0 Å². The molecule has 0 aliphatic rings. The van der Waals surface area contributed by atoms with E-state index in [0.29, 0.717) is 0 Å². The molecule has 18 heavy (non-hydrogen) atoms. The molecule has 2 aromatic rings. The summed E-state index contributed by atoms with van der Waals surface area (Å²) in [6.45, 7) is 7.95. The van der Waals surface area contributed by atoms with Crippen LogP contribution < -0.4 is 5.32 Å². The van der Waals surface area contributed by atoms with Gasteiger partial charge in [-0.1, -0.05) is 6.92 Å². The van der Waals surface area contributed by atoms with Crippen LogP contribution in [0.3, 0.4) is 0 Å². The minimum atomic E-state index is 0.0948. The van der Waals surface area contributed by atoms with Crippen LogP contribution in [0.15, 0.2) is 24.8 Å². The van der Waals surface area contributed by atoms with Crippen molar-refractivity contribution >= 4 is 0 Å². The molecule has 0 radical (unpaired) electrons. The summed E-state index contributed by atoms with van der Waals surface area (Å²) in [7, 11) is 0. The molecule has 96 valence electrons. The molecule has 2 rings (SSSR count). The quantitative estimate of drug-likeness (QED) is 0.871. The predicted octanol–water partition coefficient (Wildman–Crippen LogP) is 1.70. The minimum Gasteiger partial charge on any atom is -0.305 e. The van der Waals surface area contributed by atoms with E-state index in [9.17, 15) is 0 Å². The monoisotopic (exact) mass is 245 g/mol. The molecule has 1 unspecified atom stereocenters. The highest BCUT2D eigenvalue weighted by atomic mass is 15.3. The Morgan fingerprint density at radius 2 is 2.00 bits per heavy atom. The van der Waals surface area contributed by atoms with Crippen LogP contribution in [0.4, 0.5) is 0 Å². The largest absolute Gasteiger partial charge is 0.305 e. The van der Waals surface area contributed by atoms with Gasteiger partial charge in [0.1, 0.15) is 6.33 Å². The first-order valence-corrected chi connectivity index (χ1v) is 6.28. The summed E-state index contributed by atoms with van der Waals surface area (Å²) < 4.78 is 2.02. The van der Waals surface area contributed by atoms with Crippen LogP contribution in [0.2, 0.25) is 0 Å². The first kappa shape index (κ1) is 12.7. The number of hydrogen-bond acceptors (Lipinski definition) is 4. The molecule has 0 bridgehead atoms. The van der Waals surface area contributed by atoms with Crippen LogP contribution in [0.1, 0.15) is 36.8 Å². The summed E-state index contributed by atoms with van der Waals surface area (Å²) in [5, 5.41) is 7.96. The molecule has 5 heteroatoms. The Bertz CT molecular complexity index is 491. The van der Waals surface area contributed by atoms with Gasteiger partial charge < -0.3 is 5.32 Å². The first-order chi connectivity index (χ1) is 8.76. The van der Waals surface area contributed by atoms with Crippen molar-refractivity contribution in [2.45, 2.75) is 33.4 Å². The Morgan fingerprint density at radius 1 is 1.28 bits per heavy atom. The highest BCUT2D eigenvalue weighted by Crippen LogP contribution is 2.21. The molecule has 0 saturated heterocycles. The predicted molar refractivity (Wildman–Crippen MR) is 70.2 cm³/mol. The van der Waals surface area contributed by atoms with Crippen molar-refractivity contribution in [2.75, 3.05) is 6.54 Å². The second-order valence-electron chi connectivity index (χ2n) is 4.19. The molecule has 2 heterocycles. The van der Waals surface area contributed by atoms with Crippen LogP contribution >= 0.6 is 0 Å². The van der Waals surface area contributed by atoms with E-state index in [1.165, 1.54) is 0 Å². The van der Waals surface area contributed by atoms with Crippen molar-refractivity contribution in [3.8, 4) is 0 Å². The summed E-state index contributed by atoms with van der Waals surface area (Å²) in [6.07, 6.45) is 5.25. The topological polar surface area (TPSA) is 55.6 Å². The number of nitrogens with one attached hydrogen (secondary N) is 1. The molecule has 0 aliphatic carbocycles. The molecule has 0 fully saturated rings. The molecule has 0 amide bonds. The van der Waals surface area contributed by atoms with E-state index < -0.39 is 0 Å². The number of aryl methyl sites for hydroxylation is 2. The number of aromatic nitrogens is 4. The van der Waals surface area contributed by atoms with E-state index in [2.05, 4.69) is 40.3 Å². The molecule has 5 nitrogen and oxygen atoms in total. The first-order valence-electron chi connectivity index (χ1n) is 6.28. The average Bonchev–Trinajstić information content (AvgIpc) is 2.78. The normalized spacial score (nSPS) is 12.6. The zero-order valence-corrected chi connectivity index (χ0v) is 11.1. The third-order valence-electron chi connectivity index (χ3n) is 2.85. The van der Waals surface area contributed by atoms with Gasteiger partial charge in [-0.25, -0.2) is 9.97 Å². The number of nitrogens with zero attached hydrogens (tertiary/aromatic N) is 4. The summed E-state index contributed by atoms with van der Waals surface area (Å²) in [6, 6.07) is 2.21. The average molecular weight is 245 g/mol. The van der Waals surface area contributed by atoms with Crippen LogP contribution in [0.5, 0.6) is 0 Å². The maximum Gasteiger partial charge on any atom is 0.115 e. The zero-order chi connectivity index (χ0) is 13.0. The van der Waals surface area contributed by atoms with Crippen molar-refractivity contribution in [3.05, 3.63) is 41.7 Å². The van der Waals surface area contributed by atoms with Gasteiger partial charge in [-0.3, -0.25) is 4.68 Å². The van der Waals surface area contributed by atoms with E-state index in [4.69, 9.17) is 0 Å². The lowest BCUT2D eigenvalue weighted by atomic mass is 10.1.